The molecule has 0 heterocycles. The van der Waals surface area contributed by atoms with E-state index in [0.29, 0.717) is 0 Å². The Morgan fingerprint density at radius 2 is 1.70 bits per heavy atom. The van der Waals surface area contributed by atoms with Crippen molar-refractivity contribution in [2.24, 2.45) is 5.92 Å². The molecule has 4 heteroatoms. The topological polar surface area (TPSA) is 58.2 Å². The molecule has 0 aromatic heterocycles. The number of carbonyl (C=O) groups is 2. The van der Waals surface area contributed by atoms with E-state index in [4.69, 9.17) is 1.37 Å². The van der Waals surface area contributed by atoms with E-state index < -0.39 is 17.7 Å². The number of rotatable bonds is 2. The number of carbonyl (C=O) groups excluding carboxylic acids is 2. The van der Waals surface area contributed by atoms with Gasteiger partial charge in [-0.1, -0.05) is 0 Å². The first-order valence-corrected chi connectivity index (χ1v) is 2.89. The molecule has 2 N–H and O–H groups in total. The molecule has 4 nitrogen and oxygen atoms in total. The maximum Gasteiger partial charge on any atom is 0.232 e. The Morgan fingerprint density at radius 1 is 1.30 bits per heavy atom. The Bertz CT molecular complexity index is 145. The molecule has 0 aliphatic carbocycles. The van der Waals surface area contributed by atoms with Gasteiger partial charge in [-0.2, -0.15) is 0 Å². The third-order valence-electron chi connectivity index (χ3n) is 1.13. The van der Waals surface area contributed by atoms with Crippen molar-refractivity contribution in [2.45, 2.75) is 6.90 Å². The van der Waals surface area contributed by atoms with E-state index in [-0.39, 0.29) is 6.90 Å². The van der Waals surface area contributed by atoms with E-state index in [0.717, 1.165) is 0 Å². The molecule has 0 aliphatic rings. The first-order valence-electron chi connectivity index (χ1n) is 3.60. The first-order chi connectivity index (χ1) is 5.17. The molecule has 0 bridgehead atoms. The predicted molar refractivity (Wildman–Crippen MR) is 37.3 cm³/mol. The highest BCUT2D eigenvalue weighted by atomic mass is 16.2. The lowest BCUT2D eigenvalue weighted by Gasteiger charge is -2.06. The van der Waals surface area contributed by atoms with Gasteiger partial charge >= 0.3 is 0 Å². The van der Waals surface area contributed by atoms with E-state index in [9.17, 15) is 9.59 Å². The van der Waals surface area contributed by atoms with Crippen molar-refractivity contribution >= 4 is 11.8 Å². The van der Waals surface area contributed by atoms with E-state index >= 15 is 0 Å². The maximum absolute atomic E-state index is 10.9. The number of amides is 2. The maximum atomic E-state index is 10.9. The van der Waals surface area contributed by atoms with Crippen LogP contribution in [0.2, 0.25) is 0 Å². The lowest BCUT2D eigenvalue weighted by atomic mass is 10.1. The van der Waals surface area contributed by atoms with Gasteiger partial charge in [0.2, 0.25) is 11.8 Å². The molecular formula is C6H12N2O2. The molecule has 0 fully saturated rings. The minimum absolute atomic E-state index is 0.223. The third kappa shape index (κ3) is 2.05. The second-order valence-corrected chi connectivity index (χ2v) is 1.78. The third-order valence-corrected chi connectivity index (χ3v) is 1.13. The molecule has 0 saturated carbocycles. The molecule has 0 aromatic rings. The monoisotopic (exact) mass is 145 g/mol. The molecule has 10 heavy (non-hydrogen) atoms. The van der Waals surface area contributed by atoms with E-state index in [1.54, 1.807) is 0 Å². The summed E-state index contributed by atoms with van der Waals surface area (Å²) in [5, 5.41) is 4.62. The number of hydrogen-bond donors (Lipinski definition) is 2. The highest BCUT2D eigenvalue weighted by molar-refractivity contribution is 5.99. The second-order valence-electron chi connectivity index (χ2n) is 1.78. The summed E-state index contributed by atoms with van der Waals surface area (Å²) in [5.41, 5.74) is 0. The van der Waals surface area contributed by atoms with Crippen molar-refractivity contribution in [1.82, 2.24) is 10.6 Å². The van der Waals surface area contributed by atoms with Crippen LogP contribution in [0.1, 0.15) is 8.27 Å². The molecule has 0 unspecified atom stereocenters. The van der Waals surface area contributed by atoms with Crippen LogP contribution >= 0.6 is 0 Å². The number of hydrogen-bond acceptors (Lipinski definition) is 2. The van der Waals surface area contributed by atoms with Gasteiger partial charge in [0.15, 0.2) is 0 Å². The normalized spacial score (nSPS) is 10.5. The van der Waals surface area contributed by atoms with Crippen molar-refractivity contribution in [3.63, 3.8) is 0 Å². The molecule has 0 spiro atoms. The molecule has 0 radical (unpaired) electrons. The zero-order chi connectivity index (χ0) is 8.85. The van der Waals surface area contributed by atoms with Gasteiger partial charge in [-0.25, -0.2) is 0 Å². The summed E-state index contributed by atoms with van der Waals surface area (Å²) in [6, 6.07) is 0. The van der Waals surface area contributed by atoms with E-state index in [1.165, 1.54) is 14.1 Å². The minimum Gasteiger partial charge on any atom is -0.358 e. The van der Waals surface area contributed by atoms with E-state index in [1.807, 2.05) is 0 Å². The number of nitrogens with one attached hydrogen (secondary N) is 2. The summed E-state index contributed by atoms with van der Waals surface area (Å²) in [6.45, 7) is -0.223. The van der Waals surface area contributed by atoms with Crippen LogP contribution < -0.4 is 10.6 Å². The lowest BCUT2D eigenvalue weighted by molar-refractivity contribution is -0.133. The van der Waals surface area contributed by atoms with Gasteiger partial charge in [0.1, 0.15) is 5.92 Å². The highest BCUT2D eigenvalue weighted by Crippen LogP contribution is 1.92. The SMILES string of the molecule is [2H]CC(C(=O)NC)C(=O)NC. The standard InChI is InChI=1S/C6H12N2O2/c1-4(5(9)7-2)6(10)8-3/h4H,1-3H3,(H,7,9)(H,8,10)/i1D. The fraction of sp³-hybridized carbons (Fsp3) is 0.667. The zero-order valence-corrected chi connectivity index (χ0v) is 6.10. The van der Waals surface area contributed by atoms with Crippen LogP contribution in [0.3, 0.4) is 0 Å². The lowest BCUT2D eigenvalue weighted by Crippen LogP contribution is -2.36. The van der Waals surface area contributed by atoms with Gasteiger partial charge in [0, 0.05) is 15.5 Å². The largest absolute Gasteiger partial charge is 0.358 e. The van der Waals surface area contributed by atoms with Crippen molar-refractivity contribution in [3.8, 4) is 0 Å². The average Bonchev–Trinajstić information content (AvgIpc) is 2.05. The van der Waals surface area contributed by atoms with Gasteiger partial charge in [-0.05, 0) is 6.90 Å². The summed E-state index contributed by atoms with van der Waals surface area (Å²) in [6.07, 6.45) is 0. The first kappa shape index (κ1) is 7.05. The van der Waals surface area contributed by atoms with Crippen LogP contribution in [0.5, 0.6) is 0 Å². The summed E-state index contributed by atoms with van der Waals surface area (Å²) >= 11 is 0. The fourth-order valence-electron chi connectivity index (χ4n) is 0.468. The van der Waals surface area contributed by atoms with Gasteiger partial charge in [-0.15, -0.1) is 0 Å². The summed E-state index contributed by atoms with van der Waals surface area (Å²) < 4.78 is 6.91. The smallest absolute Gasteiger partial charge is 0.232 e. The molecule has 0 aliphatic heterocycles. The zero-order valence-electron chi connectivity index (χ0n) is 7.10. The van der Waals surface area contributed by atoms with Crippen LogP contribution in [0.4, 0.5) is 0 Å². The second kappa shape index (κ2) is 3.87. The summed E-state index contributed by atoms with van der Waals surface area (Å²) in [5.74, 6) is -1.72. The minimum atomic E-state index is -0.884. The molecule has 2 amide bonds. The van der Waals surface area contributed by atoms with Gasteiger partial charge in [0.25, 0.3) is 0 Å². The van der Waals surface area contributed by atoms with Gasteiger partial charge in [-0.3, -0.25) is 9.59 Å². The average molecular weight is 145 g/mol. The Morgan fingerprint density at radius 3 is 1.90 bits per heavy atom. The van der Waals surface area contributed by atoms with Crippen molar-refractivity contribution in [1.29, 1.82) is 0 Å². The van der Waals surface area contributed by atoms with Crippen LogP contribution in [0.25, 0.3) is 0 Å². The van der Waals surface area contributed by atoms with Gasteiger partial charge < -0.3 is 10.6 Å². The highest BCUT2D eigenvalue weighted by Gasteiger charge is 2.17. The quantitative estimate of drug-likeness (QED) is 0.495. The van der Waals surface area contributed by atoms with Crippen molar-refractivity contribution in [2.75, 3.05) is 14.1 Å². The molecule has 0 saturated heterocycles. The summed E-state index contributed by atoms with van der Waals surface area (Å²) in [4.78, 5) is 21.7. The molecule has 0 rings (SSSR count). The van der Waals surface area contributed by atoms with Crippen LogP contribution in [-0.4, -0.2) is 25.9 Å². The summed E-state index contributed by atoms with van der Waals surface area (Å²) in [7, 11) is 2.88. The predicted octanol–water partition coefficient (Wildman–Crippen LogP) is -0.885. The fourth-order valence-corrected chi connectivity index (χ4v) is 0.468. The van der Waals surface area contributed by atoms with Gasteiger partial charge in [0.05, 0.1) is 0 Å². The Labute approximate surface area is 61.4 Å². The Hall–Kier alpha value is -1.06. The van der Waals surface area contributed by atoms with E-state index in [2.05, 4.69) is 10.6 Å². The van der Waals surface area contributed by atoms with Crippen molar-refractivity contribution in [3.05, 3.63) is 0 Å². The van der Waals surface area contributed by atoms with Crippen molar-refractivity contribution < 1.29 is 11.0 Å². The molecular weight excluding hydrogens is 132 g/mol. The molecule has 58 valence electrons. The molecule has 0 atom stereocenters. The molecule has 0 aromatic carbocycles. The Kier molecular flexibility index (Phi) is 2.73. The Balaban J connectivity index is 4.15. The van der Waals surface area contributed by atoms with Crippen LogP contribution in [0.15, 0.2) is 0 Å². The van der Waals surface area contributed by atoms with Crippen LogP contribution in [0, 0.1) is 5.92 Å². The van der Waals surface area contributed by atoms with Crippen LogP contribution in [-0.2, 0) is 9.59 Å².